The van der Waals surface area contributed by atoms with E-state index < -0.39 is 28.5 Å². The molecule has 0 saturated heterocycles. The van der Waals surface area contributed by atoms with Crippen LogP contribution < -0.4 is 9.62 Å². The quantitative estimate of drug-likeness (QED) is 0.283. The van der Waals surface area contributed by atoms with Crippen molar-refractivity contribution in [3.05, 3.63) is 89.5 Å². The van der Waals surface area contributed by atoms with E-state index >= 15 is 0 Å². The van der Waals surface area contributed by atoms with Gasteiger partial charge in [-0.05, 0) is 82.3 Å². The van der Waals surface area contributed by atoms with Crippen LogP contribution in [-0.2, 0) is 26.2 Å². The van der Waals surface area contributed by atoms with Gasteiger partial charge in [0.25, 0.3) is 10.0 Å². The minimum Gasteiger partial charge on any atom is -0.352 e. The minimum absolute atomic E-state index is 0.0556. The first kappa shape index (κ1) is 31.2. The van der Waals surface area contributed by atoms with Crippen LogP contribution in [0.3, 0.4) is 0 Å². The Morgan fingerprint density at radius 2 is 1.43 bits per heavy atom. The molecular weight excluding hydrogens is 542 g/mol. The van der Waals surface area contributed by atoms with Crippen molar-refractivity contribution in [2.45, 2.75) is 69.5 Å². The van der Waals surface area contributed by atoms with Gasteiger partial charge in [0, 0.05) is 17.5 Å². The first-order valence-corrected chi connectivity index (χ1v) is 16.0. The van der Waals surface area contributed by atoms with E-state index in [2.05, 4.69) is 5.32 Å². The lowest BCUT2D eigenvalue weighted by atomic mass is 10.1. The first-order valence-electron chi connectivity index (χ1n) is 13.3. The van der Waals surface area contributed by atoms with Crippen LogP contribution >= 0.6 is 11.8 Å². The van der Waals surface area contributed by atoms with Crippen molar-refractivity contribution < 1.29 is 18.0 Å². The van der Waals surface area contributed by atoms with Crippen LogP contribution in [0.2, 0.25) is 0 Å². The van der Waals surface area contributed by atoms with E-state index in [0.29, 0.717) is 5.69 Å². The Morgan fingerprint density at radius 1 is 0.875 bits per heavy atom. The third-order valence-corrected chi connectivity index (χ3v) is 9.42. The van der Waals surface area contributed by atoms with Gasteiger partial charge < -0.3 is 10.2 Å². The van der Waals surface area contributed by atoms with Crippen molar-refractivity contribution >= 4 is 39.3 Å². The summed E-state index contributed by atoms with van der Waals surface area (Å²) < 4.78 is 29.0. The molecule has 2 unspecified atom stereocenters. The molecule has 0 aliphatic heterocycles. The summed E-state index contributed by atoms with van der Waals surface area (Å²) in [5, 5.41) is 2.95. The summed E-state index contributed by atoms with van der Waals surface area (Å²) in [4.78, 5) is 29.6. The number of anilines is 1. The SMILES string of the molecule is CCC(C)NC(=O)C(C)N(Cc1ccc(C)cc1)C(=O)CN(c1ccc(C)cc1)S(=O)(=O)c1ccc(SC)cc1. The lowest BCUT2D eigenvalue weighted by molar-refractivity contribution is -0.139. The molecule has 0 saturated carbocycles. The molecule has 7 nitrogen and oxygen atoms in total. The number of carbonyl (C=O) groups excluding carboxylic acids is 2. The molecule has 2 amide bonds. The van der Waals surface area contributed by atoms with Gasteiger partial charge in [-0.1, -0.05) is 54.4 Å². The van der Waals surface area contributed by atoms with Crippen molar-refractivity contribution in [1.29, 1.82) is 0 Å². The Hall–Kier alpha value is -3.30. The van der Waals surface area contributed by atoms with Gasteiger partial charge in [-0.15, -0.1) is 11.8 Å². The number of hydrogen-bond acceptors (Lipinski definition) is 5. The second kappa shape index (κ2) is 13.9. The third kappa shape index (κ3) is 7.88. The molecule has 0 aliphatic carbocycles. The van der Waals surface area contributed by atoms with Crippen LogP contribution in [0.4, 0.5) is 5.69 Å². The molecule has 0 radical (unpaired) electrons. The Labute approximate surface area is 243 Å². The lowest BCUT2D eigenvalue weighted by Crippen LogP contribution is -2.52. The molecule has 0 aliphatic rings. The summed E-state index contributed by atoms with van der Waals surface area (Å²) in [6, 6.07) is 20.5. The zero-order chi connectivity index (χ0) is 29.4. The number of rotatable bonds is 12. The molecule has 0 heterocycles. The van der Waals surface area contributed by atoms with E-state index in [1.54, 1.807) is 43.3 Å². The Bertz CT molecular complexity index is 1390. The van der Waals surface area contributed by atoms with Crippen molar-refractivity contribution in [2.24, 2.45) is 0 Å². The lowest BCUT2D eigenvalue weighted by Gasteiger charge is -2.32. The standard InChI is InChI=1S/C31H39N3O4S2/c1-7-24(4)32-31(36)25(5)33(20-26-12-8-22(2)9-13-26)30(35)21-34(27-14-10-23(3)11-15-27)40(37,38)29-18-16-28(39-6)17-19-29/h8-19,24-25H,7,20-21H2,1-6H3,(H,32,36). The van der Waals surface area contributed by atoms with Crippen LogP contribution in [0.5, 0.6) is 0 Å². The van der Waals surface area contributed by atoms with Gasteiger partial charge in [0.1, 0.15) is 12.6 Å². The summed E-state index contributed by atoms with van der Waals surface area (Å²) >= 11 is 1.52. The smallest absolute Gasteiger partial charge is 0.264 e. The molecule has 3 aromatic rings. The highest BCUT2D eigenvalue weighted by molar-refractivity contribution is 7.98. The van der Waals surface area contributed by atoms with E-state index in [4.69, 9.17) is 0 Å². The average molecular weight is 582 g/mol. The second-order valence-electron chi connectivity index (χ2n) is 10.0. The van der Waals surface area contributed by atoms with Crippen molar-refractivity contribution in [1.82, 2.24) is 10.2 Å². The molecule has 2 atom stereocenters. The fourth-order valence-electron chi connectivity index (χ4n) is 4.05. The van der Waals surface area contributed by atoms with Crippen LogP contribution in [0.25, 0.3) is 0 Å². The van der Waals surface area contributed by atoms with Gasteiger partial charge in [-0.3, -0.25) is 13.9 Å². The minimum atomic E-state index is -4.09. The summed E-state index contributed by atoms with van der Waals surface area (Å²) in [6.07, 6.45) is 2.67. The summed E-state index contributed by atoms with van der Waals surface area (Å²) in [6.45, 7) is 9.16. The average Bonchev–Trinajstić information content (AvgIpc) is 2.95. The molecule has 1 N–H and O–H groups in total. The number of hydrogen-bond donors (Lipinski definition) is 1. The number of amides is 2. The van der Waals surface area contributed by atoms with Gasteiger partial charge in [-0.25, -0.2) is 8.42 Å². The van der Waals surface area contributed by atoms with Crippen molar-refractivity contribution in [3.63, 3.8) is 0 Å². The fraction of sp³-hybridized carbons (Fsp3) is 0.355. The molecule has 214 valence electrons. The van der Waals surface area contributed by atoms with Crippen molar-refractivity contribution in [3.8, 4) is 0 Å². The van der Waals surface area contributed by atoms with Crippen LogP contribution in [0.15, 0.2) is 82.6 Å². The maximum atomic E-state index is 14.0. The zero-order valence-electron chi connectivity index (χ0n) is 24.0. The number of sulfonamides is 1. The van der Waals surface area contributed by atoms with Crippen molar-refractivity contribution in [2.75, 3.05) is 17.1 Å². The zero-order valence-corrected chi connectivity index (χ0v) is 25.7. The highest BCUT2D eigenvalue weighted by atomic mass is 32.2. The molecule has 3 aromatic carbocycles. The molecule has 3 rings (SSSR count). The van der Waals surface area contributed by atoms with Gasteiger partial charge in [-0.2, -0.15) is 0 Å². The predicted molar refractivity (Wildman–Crippen MR) is 163 cm³/mol. The van der Waals surface area contributed by atoms with E-state index in [0.717, 1.165) is 32.3 Å². The van der Waals surface area contributed by atoms with Gasteiger partial charge in [0.05, 0.1) is 10.6 Å². The fourth-order valence-corrected chi connectivity index (χ4v) is 5.88. The number of nitrogens with zero attached hydrogens (tertiary/aromatic N) is 2. The topological polar surface area (TPSA) is 86.8 Å². The molecule has 0 fully saturated rings. The Balaban J connectivity index is 2.01. The number of nitrogens with one attached hydrogen (secondary N) is 1. The molecule has 40 heavy (non-hydrogen) atoms. The normalized spacial score (nSPS) is 12.8. The maximum absolute atomic E-state index is 14.0. The number of carbonyl (C=O) groups is 2. The predicted octanol–water partition coefficient (Wildman–Crippen LogP) is 5.55. The van der Waals surface area contributed by atoms with Gasteiger partial charge in [0.2, 0.25) is 11.8 Å². The maximum Gasteiger partial charge on any atom is 0.264 e. The van der Waals surface area contributed by atoms with Gasteiger partial charge >= 0.3 is 0 Å². The van der Waals surface area contributed by atoms with E-state index in [-0.39, 0.29) is 23.4 Å². The first-order chi connectivity index (χ1) is 19.0. The number of thioether (sulfide) groups is 1. The van der Waals surface area contributed by atoms with Gasteiger partial charge in [0.15, 0.2) is 0 Å². The summed E-state index contributed by atoms with van der Waals surface area (Å²) in [7, 11) is -4.09. The molecule has 0 bridgehead atoms. The van der Waals surface area contributed by atoms with Crippen LogP contribution in [-0.4, -0.2) is 50.0 Å². The summed E-state index contributed by atoms with van der Waals surface area (Å²) in [5.74, 6) is -0.760. The monoisotopic (exact) mass is 581 g/mol. The largest absolute Gasteiger partial charge is 0.352 e. The van der Waals surface area contributed by atoms with Crippen LogP contribution in [0.1, 0.15) is 43.9 Å². The second-order valence-corrected chi connectivity index (χ2v) is 12.8. The summed E-state index contributed by atoms with van der Waals surface area (Å²) in [5.41, 5.74) is 3.26. The molecule has 0 aromatic heterocycles. The van der Waals surface area contributed by atoms with E-state index in [9.17, 15) is 18.0 Å². The van der Waals surface area contributed by atoms with E-state index in [1.165, 1.54) is 16.7 Å². The third-order valence-electron chi connectivity index (χ3n) is 6.89. The molecule has 0 spiro atoms. The van der Waals surface area contributed by atoms with E-state index in [1.807, 2.05) is 70.3 Å². The van der Waals surface area contributed by atoms with Crippen LogP contribution in [0, 0.1) is 13.8 Å². The molecular formula is C31H39N3O4S2. The highest BCUT2D eigenvalue weighted by Gasteiger charge is 2.32. The molecule has 9 heteroatoms. The number of aryl methyl sites for hydroxylation is 2. The Kier molecular flexibility index (Phi) is 10.8. The number of benzene rings is 3. The Morgan fingerprint density at radius 3 is 1.95 bits per heavy atom. The highest BCUT2D eigenvalue weighted by Crippen LogP contribution is 2.26.